The Morgan fingerprint density at radius 2 is 1.85 bits per heavy atom. The Hall–Kier alpha value is -2.99. The van der Waals surface area contributed by atoms with Crippen molar-refractivity contribution in [1.82, 2.24) is 9.97 Å². The van der Waals surface area contributed by atoms with Gasteiger partial charge in [-0.1, -0.05) is 30.3 Å². The summed E-state index contributed by atoms with van der Waals surface area (Å²) >= 11 is 1.58. The summed E-state index contributed by atoms with van der Waals surface area (Å²) in [6.07, 6.45) is 0. The quantitative estimate of drug-likeness (QED) is 0.502. The fourth-order valence-electron chi connectivity index (χ4n) is 2.98. The van der Waals surface area contributed by atoms with Gasteiger partial charge in [0.25, 0.3) is 0 Å². The van der Waals surface area contributed by atoms with Crippen LogP contribution in [-0.4, -0.2) is 17.1 Å². The number of ether oxygens (including phenoxy) is 1. The van der Waals surface area contributed by atoms with Gasteiger partial charge in [0.1, 0.15) is 28.0 Å². The number of methoxy groups -OCH3 is 1. The van der Waals surface area contributed by atoms with Gasteiger partial charge >= 0.3 is 0 Å². The highest BCUT2D eigenvalue weighted by atomic mass is 32.1. The van der Waals surface area contributed by atoms with Crippen LogP contribution in [0.3, 0.4) is 0 Å². The van der Waals surface area contributed by atoms with E-state index < -0.39 is 0 Å². The molecule has 0 aliphatic rings. The van der Waals surface area contributed by atoms with E-state index in [1.807, 2.05) is 37.3 Å². The Balaban J connectivity index is 1.75. The van der Waals surface area contributed by atoms with Crippen LogP contribution < -0.4 is 10.1 Å². The smallest absolute Gasteiger partial charge is 0.139 e. The molecule has 136 valence electrons. The third kappa shape index (κ3) is 3.48. The van der Waals surface area contributed by atoms with E-state index in [1.165, 1.54) is 6.07 Å². The summed E-state index contributed by atoms with van der Waals surface area (Å²) in [5, 5.41) is 6.32. The van der Waals surface area contributed by atoms with Crippen molar-refractivity contribution in [2.45, 2.75) is 13.5 Å². The Labute approximate surface area is 160 Å². The zero-order valence-corrected chi connectivity index (χ0v) is 15.8. The van der Waals surface area contributed by atoms with E-state index in [0.29, 0.717) is 23.8 Å². The first-order valence-corrected chi connectivity index (χ1v) is 9.41. The number of rotatable bonds is 5. The second-order valence-electron chi connectivity index (χ2n) is 6.12. The lowest BCUT2D eigenvalue weighted by molar-refractivity contribution is 0.415. The van der Waals surface area contributed by atoms with Gasteiger partial charge in [0.2, 0.25) is 0 Å². The predicted molar refractivity (Wildman–Crippen MR) is 108 cm³/mol. The fourth-order valence-corrected chi connectivity index (χ4v) is 3.97. The lowest BCUT2D eigenvalue weighted by atomic mass is 10.1. The molecular weight excluding hydrogens is 361 g/mol. The number of fused-ring (bicyclic) bond motifs is 1. The topological polar surface area (TPSA) is 47.0 Å². The van der Waals surface area contributed by atoms with E-state index >= 15 is 0 Å². The van der Waals surface area contributed by atoms with Crippen molar-refractivity contribution in [1.29, 1.82) is 0 Å². The molecule has 0 fully saturated rings. The van der Waals surface area contributed by atoms with Crippen LogP contribution in [0.1, 0.15) is 11.4 Å². The minimum absolute atomic E-state index is 0.229. The summed E-state index contributed by atoms with van der Waals surface area (Å²) < 4.78 is 19.2. The van der Waals surface area contributed by atoms with E-state index in [9.17, 15) is 4.39 Å². The zero-order chi connectivity index (χ0) is 18.8. The number of benzene rings is 2. The summed E-state index contributed by atoms with van der Waals surface area (Å²) in [6.45, 7) is 2.22. The molecule has 2 aromatic carbocycles. The Bertz CT molecular complexity index is 1090. The predicted octanol–water partition coefficient (Wildman–Crippen LogP) is 5.43. The lowest BCUT2D eigenvalue weighted by Gasteiger charge is -2.10. The van der Waals surface area contributed by atoms with Crippen molar-refractivity contribution in [3.05, 3.63) is 71.1 Å². The van der Waals surface area contributed by atoms with Crippen LogP contribution in [0.15, 0.2) is 53.9 Å². The summed E-state index contributed by atoms with van der Waals surface area (Å²) in [7, 11) is 1.65. The van der Waals surface area contributed by atoms with E-state index in [4.69, 9.17) is 4.74 Å². The van der Waals surface area contributed by atoms with Gasteiger partial charge in [0.15, 0.2) is 0 Å². The minimum Gasteiger partial charge on any atom is -0.497 e. The highest BCUT2D eigenvalue weighted by Gasteiger charge is 2.15. The molecule has 0 radical (unpaired) electrons. The van der Waals surface area contributed by atoms with E-state index in [0.717, 1.165) is 27.1 Å². The molecule has 4 rings (SSSR count). The van der Waals surface area contributed by atoms with Crippen molar-refractivity contribution >= 4 is 27.4 Å². The van der Waals surface area contributed by atoms with Crippen molar-refractivity contribution in [2.75, 3.05) is 12.4 Å². The van der Waals surface area contributed by atoms with Gasteiger partial charge < -0.3 is 10.1 Å². The number of anilines is 1. The molecule has 2 aromatic heterocycles. The number of nitrogens with zero attached hydrogens (tertiary/aromatic N) is 2. The van der Waals surface area contributed by atoms with E-state index in [-0.39, 0.29) is 5.82 Å². The molecule has 0 unspecified atom stereocenters. The van der Waals surface area contributed by atoms with Crippen molar-refractivity contribution in [2.24, 2.45) is 0 Å². The average Bonchev–Trinajstić information content (AvgIpc) is 3.11. The number of aryl methyl sites for hydroxylation is 1. The SMILES string of the molecule is COc1ccc(-c2csc3nc(C)nc(NCc4ccccc4F)c23)cc1. The molecule has 1 N–H and O–H groups in total. The monoisotopic (exact) mass is 379 g/mol. The number of aromatic nitrogens is 2. The molecule has 0 aliphatic carbocycles. The molecule has 4 nitrogen and oxygen atoms in total. The first-order chi connectivity index (χ1) is 13.2. The lowest BCUT2D eigenvalue weighted by Crippen LogP contribution is -2.05. The average molecular weight is 379 g/mol. The maximum absolute atomic E-state index is 14.0. The second-order valence-corrected chi connectivity index (χ2v) is 6.98. The van der Waals surface area contributed by atoms with Crippen LogP contribution in [0.2, 0.25) is 0 Å². The fraction of sp³-hybridized carbons (Fsp3) is 0.143. The molecule has 0 aliphatic heterocycles. The van der Waals surface area contributed by atoms with Crippen molar-refractivity contribution in [3.8, 4) is 16.9 Å². The molecule has 27 heavy (non-hydrogen) atoms. The van der Waals surface area contributed by atoms with Gasteiger partial charge in [-0.25, -0.2) is 14.4 Å². The molecule has 6 heteroatoms. The number of thiophene rings is 1. The van der Waals surface area contributed by atoms with Crippen LogP contribution in [0.5, 0.6) is 5.75 Å². The summed E-state index contributed by atoms with van der Waals surface area (Å²) in [5.74, 6) is 1.98. The number of nitrogens with one attached hydrogen (secondary N) is 1. The van der Waals surface area contributed by atoms with Crippen LogP contribution in [0.25, 0.3) is 21.3 Å². The van der Waals surface area contributed by atoms with Crippen LogP contribution in [0.4, 0.5) is 10.2 Å². The maximum Gasteiger partial charge on any atom is 0.139 e. The number of halogens is 1. The van der Waals surface area contributed by atoms with Gasteiger partial charge in [-0.15, -0.1) is 11.3 Å². The van der Waals surface area contributed by atoms with Gasteiger partial charge in [0.05, 0.1) is 12.5 Å². The first-order valence-electron chi connectivity index (χ1n) is 8.53. The number of hydrogen-bond donors (Lipinski definition) is 1. The molecule has 2 heterocycles. The normalized spacial score (nSPS) is 10.9. The Morgan fingerprint density at radius 3 is 2.59 bits per heavy atom. The minimum atomic E-state index is -0.229. The zero-order valence-electron chi connectivity index (χ0n) is 15.0. The maximum atomic E-state index is 14.0. The molecule has 0 amide bonds. The van der Waals surface area contributed by atoms with Crippen molar-refractivity contribution < 1.29 is 9.13 Å². The third-order valence-corrected chi connectivity index (χ3v) is 5.22. The Morgan fingerprint density at radius 1 is 1.07 bits per heavy atom. The standard InChI is InChI=1S/C21H18FN3OS/c1-13-24-20(23-11-15-5-3-4-6-18(15)22)19-17(12-27-21(19)25-13)14-7-9-16(26-2)10-8-14/h3-10,12H,11H2,1-2H3,(H,23,24,25). The summed E-state index contributed by atoms with van der Waals surface area (Å²) in [6, 6.07) is 14.6. The molecular formula is C21H18FN3OS. The third-order valence-electron chi connectivity index (χ3n) is 4.35. The van der Waals surface area contributed by atoms with Crippen LogP contribution in [-0.2, 0) is 6.54 Å². The molecule has 0 bridgehead atoms. The Kier molecular flexibility index (Phi) is 4.73. The highest BCUT2D eigenvalue weighted by Crippen LogP contribution is 2.37. The van der Waals surface area contributed by atoms with Gasteiger partial charge in [0, 0.05) is 23.1 Å². The van der Waals surface area contributed by atoms with Gasteiger partial charge in [-0.3, -0.25) is 0 Å². The molecule has 0 spiro atoms. The molecule has 0 atom stereocenters. The van der Waals surface area contributed by atoms with Crippen molar-refractivity contribution in [3.63, 3.8) is 0 Å². The van der Waals surface area contributed by atoms with Crippen LogP contribution >= 0.6 is 11.3 Å². The van der Waals surface area contributed by atoms with E-state index in [1.54, 1.807) is 30.6 Å². The van der Waals surface area contributed by atoms with Crippen LogP contribution in [0, 0.1) is 12.7 Å². The molecule has 0 saturated heterocycles. The number of hydrogen-bond acceptors (Lipinski definition) is 5. The van der Waals surface area contributed by atoms with Gasteiger partial charge in [-0.05, 0) is 30.7 Å². The van der Waals surface area contributed by atoms with E-state index in [2.05, 4.69) is 20.7 Å². The molecule has 0 saturated carbocycles. The summed E-state index contributed by atoms with van der Waals surface area (Å²) in [4.78, 5) is 10.0. The largest absolute Gasteiger partial charge is 0.497 e. The molecule has 4 aromatic rings. The first kappa shape index (κ1) is 17.4. The summed E-state index contributed by atoms with van der Waals surface area (Å²) in [5.41, 5.74) is 2.71. The highest BCUT2D eigenvalue weighted by molar-refractivity contribution is 7.17. The van der Waals surface area contributed by atoms with Gasteiger partial charge in [-0.2, -0.15) is 0 Å². The second kappa shape index (κ2) is 7.32.